The Morgan fingerprint density at radius 2 is 2.23 bits per heavy atom. The third kappa shape index (κ3) is 2.02. The summed E-state index contributed by atoms with van der Waals surface area (Å²) in [6.07, 6.45) is 5.89. The average molecular weight is 196 g/mol. The van der Waals surface area contributed by atoms with Gasteiger partial charge in [-0.05, 0) is 36.3 Å². The summed E-state index contributed by atoms with van der Waals surface area (Å²) in [5.74, 6) is 1.60. The van der Waals surface area contributed by atoms with Crippen LogP contribution in [0.25, 0.3) is 0 Å². The highest BCUT2D eigenvalue weighted by Crippen LogP contribution is 2.37. The van der Waals surface area contributed by atoms with E-state index in [1.807, 2.05) is 12.3 Å². The smallest absolute Gasteiger partial charge is 0.129 e. The Bertz CT molecular complexity index is 281. The maximum atomic E-state index is 5.74. The molecule has 0 aliphatic heterocycles. The SMILES string of the molecule is CC1CCC(c2ccc(Cl)nc2)C1. The van der Waals surface area contributed by atoms with Gasteiger partial charge in [0.1, 0.15) is 5.15 Å². The summed E-state index contributed by atoms with van der Waals surface area (Å²) in [6, 6.07) is 4.00. The Labute approximate surface area is 84.1 Å². The van der Waals surface area contributed by atoms with Gasteiger partial charge in [-0.3, -0.25) is 0 Å². The number of hydrogen-bond acceptors (Lipinski definition) is 1. The molecule has 2 atom stereocenters. The lowest BCUT2D eigenvalue weighted by atomic mass is 9.98. The molecule has 0 spiro atoms. The van der Waals surface area contributed by atoms with Crippen molar-refractivity contribution >= 4 is 11.6 Å². The van der Waals surface area contributed by atoms with Crippen LogP contribution in [0.15, 0.2) is 18.3 Å². The first-order valence-corrected chi connectivity index (χ1v) is 5.25. The van der Waals surface area contributed by atoms with Crippen LogP contribution in [0.1, 0.15) is 37.7 Å². The molecule has 0 bridgehead atoms. The van der Waals surface area contributed by atoms with Crippen LogP contribution in [0.5, 0.6) is 0 Å². The van der Waals surface area contributed by atoms with E-state index in [1.165, 1.54) is 24.8 Å². The molecule has 1 aromatic rings. The predicted molar refractivity (Wildman–Crippen MR) is 55.0 cm³/mol. The molecule has 1 saturated carbocycles. The Kier molecular flexibility index (Phi) is 2.54. The zero-order valence-corrected chi connectivity index (χ0v) is 8.59. The number of aromatic nitrogens is 1. The van der Waals surface area contributed by atoms with Gasteiger partial charge in [0.05, 0.1) is 0 Å². The van der Waals surface area contributed by atoms with Gasteiger partial charge in [0.25, 0.3) is 0 Å². The molecular weight excluding hydrogens is 182 g/mol. The molecule has 0 aromatic carbocycles. The standard InChI is InChI=1S/C11H14ClN/c1-8-2-3-9(6-8)10-4-5-11(12)13-7-10/h4-5,7-9H,2-3,6H2,1H3. The van der Waals surface area contributed by atoms with Crippen molar-refractivity contribution in [1.82, 2.24) is 4.98 Å². The molecule has 70 valence electrons. The van der Waals surface area contributed by atoms with Gasteiger partial charge in [-0.2, -0.15) is 0 Å². The molecule has 1 fully saturated rings. The summed E-state index contributed by atoms with van der Waals surface area (Å²) in [4.78, 5) is 4.11. The molecule has 2 rings (SSSR count). The molecule has 1 aliphatic carbocycles. The van der Waals surface area contributed by atoms with Gasteiger partial charge < -0.3 is 0 Å². The lowest BCUT2D eigenvalue weighted by Gasteiger charge is -2.08. The molecule has 13 heavy (non-hydrogen) atoms. The van der Waals surface area contributed by atoms with Crippen LogP contribution in [-0.2, 0) is 0 Å². The molecule has 1 aliphatic rings. The minimum absolute atomic E-state index is 0.592. The molecule has 1 heterocycles. The fourth-order valence-corrected chi connectivity index (χ4v) is 2.25. The quantitative estimate of drug-likeness (QED) is 0.624. The lowest BCUT2D eigenvalue weighted by Crippen LogP contribution is -1.93. The second kappa shape index (κ2) is 3.67. The number of rotatable bonds is 1. The van der Waals surface area contributed by atoms with Crippen molar-refractivity contribution in [2.75, 3.05) is 0 Å². The second-order valence-electron chi connectivity index (χ2n) is 4.03. The van der Waals surface area contributed by atoms with E-state index < -0.39 is 0 Å². The van der Waals surface area contributed by atoms with Gasteiger partial charge in [-0.15, -0.1) is 0 Å². The van der Waals surface area contributed by atoms with Crippen molar-refractivity contribution in [3.63, 3.8) is 0 Å². The van der Waals surface area contributed by atoms with Crippen LogP contribution in [-0.4, -0.2) is 4.98 Å². The highest BCUT2D eigenvalue weighted by Gasteiger charge is 2.22. The van der Waals surface area contributed by atoms with E-state index in [-0.39, 0.29) is 0 Å². The summed E-state index contributed by atoms with van der Waals surface area (Å²) in [7, 11) is 0. The van der Waals surface area contributed by atoms with E-state index in [4.69, 9.17) is 11.6 Å². The zero-order chi connectivity index (χ0) is 9.26. The number of halogens is 1. The van der Waals surface area contributed by atoms with Gasteiger partial charge in [-0.25, -0.2) is 4.98 Å². The van der Waals surface area contributed by atoms with Crippen molar-refractivity contribution in [3.05, 3.63) is 29.0 Å². The fourth-order valence-electron chi connectivity index (χ4n) is 2.14. The molecule has 2 unspecified atom stereocenters. The van der Waals surface area contributed by atoms with E-state index in [0.29, 0.717) is 5.15 Å². The summed E-state index contributed by atoms with van der Waals surface area (Å²) < 4.78 is 0. The normalized spacial score (nSPS) is 27.8. The molecular formula is C11H14ClN. The highest BCUT2D eigenvalue weighted by atomic mass is 35.5. The van der Waals surface area contributed by atoms with E-state index in [0.717, 1.165) is 11.8 Å². The maximum absolute atomic E-state index is 5.74. The van der Waals surface area contributed by atoms with Crippen molar-refractivity contribution in [2.24, 2.45) is 5.92 Å². The monoisotopic (exact) mass is 195 g/mol. The third-order valence-electron chi connectivity index (χ3n) is 2.92. The molecule has 0 saturated heterocycles. The number of hydrogen-bond donors (Lipinski definition) is 0. The molecule has 1 nitrogen and oxygen atoms in total. The Balaban J connectivity index is 2.13. The minimum Gasteiger partial charge on any atom is -0.244 e. The summed E-state index contributed by atoms with van der Waals surface area (Å²) in [5.41, 5.74) is 1.36. The largest absolute Gasteiger partial charge is 0.244 e. The first kappa shape index (κ1) is 9.01. The number of nitrogens with zero attached hydrogens (tertiary/aromatic N) is 1. The zero-order valence-electron chi connectivity index (χ0n) is 7.83. The first-order chi connectivity index (χ1) is 6.25. The van der Waals surface area contributed by atoms with Crippen LogP contribution < -0.4 is 0 Å². The van der Waals surface area contributed by atoms with Crippen LogP contribution in [0.3, 0.4) is 0 Å². The molecule has 2 heteroatoms. The molecule has 0 amide bonds. The van der Waals surface area contributed by atoms with Crippen LogP contribution in [0.4, 0.5) is 0 Å². The summed E-state index contributed by atoms with van der Waals surface area (Å²) in [5, 5.41) is 0.592. The van der Waals surface area contributed by atoms with Crippen molar-refractivity contribution in [1.29, 1.82) is 0 Å². The van der Waals surface area contributed by atoms with Crippen LogP contribution in [0, 0.1) is 5.92 Å². The highest BCUT2D eigenvalue weighted by molar-refractivity contribution is 6.29. The fraction of sp³-hybridized carbons (Fsp3) is 0.545. The van der Waals surface area contributed by atoms with Crippen molar-refractivity contribution < 1.29 is 0 Å². The van der Waals surface area contributed by atoms with Crippen molar-refractivity contribution in [3.8, 4) is 0 Å². The van der Waals surface area contributed by atoms with E-state index in [2.05, 4.69) is 18.0 Å². The van der Waals surface area contributed by atoms with Gasteiger partial charge >= 0.3 is 0 Å². The van der Waals surface area contributed by atoms with Gasteiger partial charge in [0, 0.05) is 6.20 Å². The van der Waals surface area contributed by atoms with Gasteiger partial charge in [0.2, 0.25) is 0 Å². The Morgan fingerprint density at radius 1 is 1.38 bits per heavy atom. The Hall–Kier alpha value is -0.560. The third-order valence-corrected chi connectivity index (χ3v) is 3.14. The van der Waals surface area contributed by atoms with E-state index >= 15 is 0 Å². The molecule has 0 radical (unpaired) electrons. The van der Waals surface area contributed by atoms with Crippen LogP contribution >= 0.6 is 11.6 Å². The first-order valence-electron chi connectivity index (χ1n) is 4.87. The lowest BCUT2D eigenvalue weighted by molar-refractivity contribution is 0.596. The van der Waals surface area contributed by atoms with E-state index in [1.54, 1.807) is 0 Å². The maximum Gasteiger partial charge on any atom is 0.129 e. The number of pyridine rings is 1. The topological polar surface area (TPSA) is 12.9 Å². The minimum atomic E-state index is 0.592. The van der Waals surface area contributed by atoms with Crippen molar-refractivity contribution in [2.45, 2.75) is 32.1 Å². The van der Waals surface area contributed by atoms with Gasteiger partial charge in [-0.1, -0.05) is 31.0 Å². The predicted octanol–water partition coefficient (Wildman–Crippen LogP) is 3.64. The average Bonchev–Trinajstić information content (AvgIpc) is 2.53. The van der Waals surface area contributed by atoms with Crippen LogP contribution in [0.2, 0.25) is 5.15 Å². The summed E-state index contributed by atoms with van der Waals surface area (Å²) in [6.45, 7) is 2.32. The summed E-state index contributed by atoms with van der Waals surface area (Å²) >= 11 is 5.74. The van der Waals surface area contributed by atoms with Gasteiger partial charge in [0.15, 0.2) is 0 Å². The molecule has 0 N–H and O–H groups in total. The van der Waals surface area contributed by atoms with E-state index in [9.17, 15) is 0 Å². The molecule has 1 aromatic heterocycles. The second-order valence-corrected chi connectivity index (χ2v) is 4.42. The Morgan fingerprint density at radius 3 is 2.77 bits per heavy atom.